The largest absolute Gasteiger partial charge is 0.505 e. The Kier molecular flexibility index (Phi) is 6.98. The Morgan fingerprint density at radius 2 is 1.83 bits per heavy atom. The first-order valence-electron chi connectivity index (χ1n) is 11.9. The van der Waals surface area contributed by atoms with Crippen LogP contribution >= 0.6 is 0 Å². The van der Waals surface area contributed by atoms with Crippen molar-refractivity contribution in [3.05, 3.63) is 67.4 Å². The third kappa shape index (κ3) is 4.68. The van der Waals surface area contributed by atoms with Gasteiger partial charge in [-0.3, -0.25) is 14.4 Å². The van der Waals surface area contributed by atoms with Gasteiger partial charge >= 0.3 is 0 Å². The molecule has 1 amide bonds. The maximum Gasteiger partial charge on any atom is 0.257 e. The van der Waals surface area contributed by atoms with E-state index in [9.17, 15) is 19.5 Å². The first-order chi connectivity index (χ1) is 16.7. The molecule has 9 nitrogen and oxygen atoms in total. The molecule has 1 unspecified atom stereocenters. The number of anilines is 3. The van der Waals surface area contributed by atoms with Crippen LogP contribution in [-0.4, -0.2) is 42.2 Å². The number of benzene rings is 1. The van der Waals surface area contributed by atoms with E-state index in [2.05, 4.69) is 24.5 Å². The number of morpholine rings is 1. The van der Waals surface area contributed by atoms with Crippen LogP contribution in [0.15, 0.2) is 38.3 Å². The second-order valence-corrected chi connectivity index (χ2v) is 9.06. The first-order valence-corrected chi connectivity index (χ1v) is 11.9. The molecule has 3 aromatic rings. The maximum atomic E-state index is 12.9. The molecule has 0 aliphatic carbocycles. The van der Waals surface area contributed by atoms with Crippen molar-refractivity contribution in [3.8, 4) is 5.75 Å². The van der Waals surface area contributed by atoms with Crippen LogP contribution < -0.4 is 21.5 Å². The van der Waals surface area contributed by atoms with E-state index in [0.717, 1.165) is 11.3 Å². The van der Waals surface area contributed by atoms with Crippen molar-refractivity contribution >= 4 is 23.0 Å². The molecule has 4 rings (SSSR count). The summed E-state index contributed by atoms with van der Waals surface area (Å²) in [5, 5.41) is 16.8. The summed E-state index contributed by atoms with van der Waals surface area (Å²) in [7, 11) is 0. The highest BCUT2D eigenvalue weighted by molar-refractivity contribution is 5.99. The van der Waals surface area contributed by atoms with E-state index in [1.54, 1.807) is 17.0 Å². The number of aryl methyl sites for hydroxylation is 1. The van der Waals surface area contributed by atoms with Gasteiger partial charge in [0.2, 0.25) is 0 Å². The van der Waals surface area contributed by atoms with E-state index >= 15 is 0 Å². The minimum absolute atomic E-state index is 0.0482. The number of nitrogens with one attached hydrogen (secondary N) is 2. The minimum Gasteiger partial charge on any atom is -0.505 e. The molecule has 1 aliphatic heterocycles. The Morgan fingerprint density at radius 1 is 1.14 bits per heavy atom. The molecular weight excluding hydrogens is 450 g/mol. The summed E-state index contributed by atoms with van der Waals surface area (Å²) >= 11 is 0. The predicted molar refractivity (Wildman–Crippen MR) is 134 cm³/mol. The van der Waals surface area contributed by atoms with Crippen molar-refractivity contribution in [2.45, 2.75) is 46.1 Å². The molecule has 1 atom stereocenters. The van der Waals surface area contributed by atoms with Gasteiger partial charge in [0.05, 0.1) is 30.5 Å². The number of furan rings is 1. The number of rotatable bonds is 8. The van der Waals surface area contributed by atoms with Crippen molar-refractivity contribution in [3.63, 3.8) is 0 Å². The molecular formula is C26H31N3O6. The van der Waals surface area contributed by atoms with Gasteiger partial charge < -0.3 is 29.8 Å². The minimum atomic E-state index is -0.690. The lowest BCUT2D eigenvalue weighted by Crippen LogP contribution is -2.40. The molecule has 9 heteroatoms. The molecule has 3 N–H and O–H groups in total. The number of hydrogen-bond donors (Lipinski definition) is 3. The van der Waals surface area contributed by atoms with Crippen LogP contribution in [0.3, 0.4) is 0 Å². The van der Waals surface area contributed by atoms with E-state index in [0.29, 0.717) is 44.4 Å². The van der Waals surface area contributed by atoms with Gasteiger partial charge in [-0.1, -0.05) is 26.8 Å². The number of phenols is 1. The van der Waals surface area contributed by atoms with Crippen LogP contribution in [0, 0.1) is 6.92 Å². The van der Waals surface area contributed by atoms with Gasteiger partial charge in [-0.2, -0.15) is 0 Å². The second kappa shape index (κ2) is 9.95. The zero-order valence-electron chi connectivity index (χ0n) is 20.4. The summed E-state index contributed by atoms with van der Waals surface area (Å²) < 4.78 is 11.2. The lowest BCUT2D eigenvalue weighted by Gasteiger charge is -2.27. The summed E-state index contributed by atoms with van der Waals surface area (Å²) in [5.74, 6) is 1.21. The number of carbonyl (C=O) groups excluding carboxylic acids is 1. The standard InChI is InChI=1S/C26H31N3O6/c1-5-18(20-13-17(14(2)3)15(4)35-20)27-21-22(25(32)24(21)31)28-19-8-6-7-16(23(19)30)26(33)29-9-11-34-12-10-29/h6-8,13-14,18,27-28,30H,5,9-12H2,1-4H3. The van der Waals surface area contributed by atoms with E-state index in [4.69, 9.17) is 9.15 Å². The average Bonchev–Trinajstić information content (AvgIpc) is 3.26. The van der Waals surface area contributed by atoms with Crippen molar-refractivity contribution in [2.24, 2.45) is 0 Å². The van der Waals surface area contributed by atoms with Gasteiger partial charge in [0.1, 0.15) is 22.9 Å². The molecule has 1 fully saturated rings. The highest BCUT2D eigenvalue weighted by atomic mass is 16.5. The Balaban J connectivity index is 1.58. The zero-order chi connectivity index (χ0) is 25.3. The molecule has 1 aromatic heterocycles. The summed E-state index contributed by atoms with van der Waals surface area (Å²) in [6.07, 6.45) is 0.623. The molecule has 0 bridgehead atoms. The maximum absolute atomic E-state index is 12.9. The fourth-order valence-electron chi connectivity index (χ4n) is 4.35. The number of ether oxygens (including phenoxy) is 1. The monoisotopic (exact) mass is 481 g/mol. The molecule has 1 saturated heterocycles. The van der Waals surface area contributed by atoms with Gasteiger partial charge in [-0.05, 0) is 43.0 Å². The molecule has 2 heterocycles. The summed E-state index contributed by atoms with van der Waals surface area (Å²) in [5.41, 5.74) is 0.226. The van der Waals surface area contributed by atoms with Crippen LogP contribution in [0.4, 0.5) is 17.1 Å². The van der Waals surface area contributed by atoms with Gasteiger partial charge in [-0.25, -0.2) is 0 Å². The first kappa shape index (κ1) is 24.5. The average molecular weight is 482 g/mol. The summed E-state index contributed by atoms with van der Waals surface area (Å²) in [6.45, 7) is 9.78. The third-order valence-corrected chi connectivity index (χ3v) is 6.40. The number of amides is 1. The van der Waals surface area contributed by atoms with Gasteiger partial charge in [-0.15, -0.1) is 0 Å². The second-order valence-electron chi connectivity index (χ2n) is 9.06. The van der Waals surface area contributed by atoms with Crippen molar-refractivity contribution in [1.82, 2.24) is 4.90 Å². The number of para-hydroxylation sites is 1. The number of hydrogen-bond acceptors (Lipinski definition) is 8. The number of aromatic hydroxyl groups is 1. The molecule has 0 radical (unpaired) electrons. The highest BCUT2D eigenvalue weighted by Crippen LogP contribution is 2.34. The zero-order valence-corrected chi connectivity index (χ0v) is 20.4. The lowest BCUT2D eigenvalue weighted by molar-refractivity contribution is 0.0301. The molecule has 2 aromatic carbocycles. The summed E-state index contributed by atoms with van der Waals surface area (Å²) in [4.78, 5) is 39.3. The van der Waals surface area contributed by atoms with Crippen LogP contribution in [0.25, 0.3) is 0 Å². The van der Waals surface area contributed by atoms with Crippen molar-refractivity contribution in [2.75, 3.05) is 36.9 Å². The van der Waals surface area contributed by atoms with E-state index in [1.807, 2.05) is 19.9 Å². The molecule has 35 heavy (non-hydrogen) atoms. The smallest absolute Gasteiger partial charge is 0.257 e. The van der Waals surface area contributed by atoms with Gasteiger partial charge in [0.25, 0.3) is 16.8 Å². The van der Waals surface area contributed by atoms with E-state index in [1.165, 1.54) is 6.07 Å². The SMILES string of the molecule is CCC(Nc1c(Nc2cccc(C(=O)N3CCOCC3)c2O)c(=O)c1=O)c1cc(C(C)C)c(C)o1. The quantitative estimate of drug-likeness (QED) is 0.328. The van der Waals surface area contributed by atoms with Crippen LogP contribution in [-0.2, 0) is 4.74 Å². The predicted octanol–water partition coefficient (Wildman–Crippen LogP) is 3.79. The normalized spacial score (nSPS) is 14.9. The Bertz CT molecular complexity index is 1300. The Labute approximate surface area is 203 Å². The third-order valence-electron chi connectivity index (χ3n) is 6.40. The Hall–Kier alpha value is -3.59. The van der Waals surface area contributed by atoms with Gasteiger partial charge in [0, 0.05) is 13.1 Å². The van der Waals surface area contributed by atoms with Crippen LogP contribution in [0.5, 0.6) is 5.75 Å². The lowest BCUT2D eigenvalue weighted by atomic mass is 10.0. The van der Waals surface area contributed by atoms with E-state index in [-0.39, 0.29) is 40.3 Å². The fraction of sp³-hybridized carbons (Fsp3) is 0.423. The van der Waals surface area contributed by atoms with Crippen LogP contribution in [0.1, 0.15) is 66.6 Å². The highest BCUT2D eigenvalue weighted by Gasteiger charge is 2.28. The van der Waals surface area contributed by atoms with Crippen LogP contribution in [0.2, 0.25) is 0 Å². The topological polar surface area (TPSA) is 121 Å². The summed E-state index contributed by atoms with van der Waals surface area (Å²) in [6, 6.07) is 6.36. The van der Waals surface area contributed by atoms with Crippen molar-refractivity contribution < 1.29 is 19.1 Å². The number of phenolic OH excluding ortho intramolecular Hbond substituents is 1. The molecule has 186 valence electrons. The number of carbonyl (C=O) groups is 1. The molecule has 0 saturated carbocycles. The molecule has 1 aliphatic rings. The van der Waals surface area contributed by atoms with Gasteiger partial charge in [0.15, 0.2) is 5.75 Å². The Morgan fingerprint density at radius 3 is 2.46 bits per heavy atom. The van der Waals surface area contributed by atoms with E-state index < -0.39 is 10.9 Å². The molecule has 0 spiro atoms. The van der Waals surface area contributed by atoms with Crippen molar-refractivity contribution in [1.29, 1.82) is 0 Å². The fourth-order valence-corrected chi connectivity index (χ4v) is 4.35. The number of nitrogens with zero attached hydrogens (tertiary/aromatic N) is 1.